The van der Waals surface area contributed by atoms with Crippen LogP contribution in [0.1, 0.15) is 41.4 Å². The van der Waals surface area contributed by atoms with Gasteiger partial charge in [-0.3, -0.25) is 9.48 Å². The molecule has 0 spiro atoms. The smallest absolute Gasteiger partial charge is 0.255 e. The van der Waals surface area contributed by atoms with E-state index >= 15 is 0 Å². The molecule has 0 saturated carbocycles. The Morgan fingerprint density at radius 1 is 1.53 bits per heavy atom. The van der Waals surface area contributed by atoms with Crippen molar-refractivity contribution in [3.8, 4) is 0 Å². The summed E-state index contributed by atoms with van der Waals surface area (Å²) in [6.07, 6.45) is 5.78. The number of unbranched alkanes of at least 4 members (excludes halogenated alkanes) is 1. The second kappa shape index (κ2) is 6.47. The molecule has 0 aromatic carbocycles. The molecule has 2 aromatic rings. The number of carbonyl (C=O) groups excluding carboxylic acids is 1. The lowest BCUT2D eigenvalue weighted by atomic mass is 10.2. The van der Waals surface area contributed by atoms with E-state index in [1.54, 1.807) is 6.20 Å². The summed E-state index contributed by atoms with van der Waals surface area (Å²) >= 11 is 1.39. The second-order valence-corrected chi connectivity index (χ2v) is 5.12. The van der Waals surface area contributed by atoms with Gasteiger partial charge in [-0.2, -0.15) is 5.10 Å². The van der Waals surface area contributed by atoms with Crippen LogP contribution in [0.2, 0.25) is 0 Å². The van der Waals surface area contributed by atoms with Crippen molar-refractivity contribution in [2.45, 2.75) is 39.8 Å². The number of hydrogen-bond donors (Lipinski definition) is 1. The SMILES string of the molecule is CCCCn1cc(C(=O)NCc2cnsc2)c(C)n1. The Hall–Kier alpha value is -1.69. The molecule has 2 heterocycles. The van der Waals surface area contributed by atoms with Crippen molar-refractivity contribution in [2.24, 2.45) is 0 Å². The highest BCUT2D eigenvalue weighted by Crippen LogP contribution is 2.08. The number of aryl methyl sites for hydroxylation is 2. The van der Waals surface area contributed by atoms with Crippen molar-refractivity contribution in [1.29, 1.82) is 0 Å². The van der Waals surface area contributed by atoms with Gasteiger partial charge in [-0.25, -0.2) is 4.37 Å². The predicted molar refractivity (Wildman–Crippen MR) is 75.2 cm³/mol. The number of aromatic nitrogens is 3. The van der Waals surface area contributed by atoms with Crippen LogP contribution in [0.25, 0.3) is 0 Å². The van der Waals surface area contributed by atoms with Crippen molar-refractivity contribution in [3.63, 3.8) is 0 Å². The van der Waals surface area contributed by atoms with Crippen molar-refractivity contribution < 1.29 is 4.79 Å². The Morgan fingerprint density at radius 3 is 3.05 bits per heavy atom. The zero-order valence-electron chi connectivity index (χ0n) is 11.2. The fourth-order valence-corrected chi connectivity index (χ4v) is 2.30. The second-order valence-electron chi connectivity index (χ2n) is 4.46. The molecular formula is C13H18N4OS. The summed E-state index contributed by atoms with van der Waals surface area (Å²) in [5.74, 6) is -0.0774. The maximum Gasteiger partial charge on any atom is 0.255 e. The van der Waals surface area contributed by atoms with Crippen LogP contribution in [-0.2, 0) is 13.1 Å². The third kappa shape index (κ3) is 3.64. The van der Waals surface area contributed by atoms with Gasteiger partial charge in [0.1, 0.15) is 0 Å². The molecule has 5 nitrogen and oxygen atoms in total. The summed E-state index contributed by atoms with van der Waals surface area (Å²) in [5, 5.41) is 9.17. The predicted octanol–water partition coefficient (Wildman–Crippen LogP) is 2.38. The Balaban J connectivity index is 1.96. The third-order valence-electron chi connectivity index (χ3n) is 2.87. The van der Waals surface area contributed by atoms with E-state index in [0.717, 1.165) is 30.6 Å². The van der Waals surface area contributed by atoms with Crippen LogP contribution < -0.4 is 5.32 Å². The van der Waals surface area contributed by atoms with E-state index in [4.69, 9.17) is 0 Å². The molecule has 19 heavy (non-hydrogen) atoms. The summed E-state index contributed by atoms with van der Waals surface area (Å²) in [6.45, 7) is 5.37. The molecule has 102 valence electrons. The van der Waals surface area contributed by atoms with E-state index in [1.807, 2.05) is 23.2 Å². The molecule has 0 fully saturated rings. The summed E-state index contributed by atoms with van der Waals surface area (Å²) in [4.78, 5) is 12.1. The standard InChI is InChI=1S/C13H18N4OS/c1-3-4-5-17-8-12(10(2)16-17)13(18)14-6-11-7-15-19-9-11/h7-9H,3-6H2,1-2H3,(H,14,18). The molecule has 0 saturated heterocycles. The monoisotopic (exact) mass is 278 g/mol. The topological polar surface area (TPSA) is 59.8 Å². The molecule has 0 aliphatic heterocycles. The maximum absolute atomic E-state index is 12.1. The van der Waals surface area contributed by atoms with Gasteiger partial charge < -0.3 is 5.32 Å². The average Bonchev–Trinajstić information content (AvgIpc) is 3.03. The molecule has 0 aliphatic rings. The first-order valence-electron chi connectivity index (χ1n) is 6.41. The Kier molecular flexibility index (Phi) is 4.68. The van der Waals surface area contributed by atoms with E-state index in [2.05, 4.69) is 21.7 Å². The zero-order valence-corrected chi connectivity index (χ0v) is 12.0. The fourth-order valence-electron chi connectivity index (χ4n) is 1.77. The van der Waals surface area contributed by atoms with Gasteiger partial charge in [0.05, 0.1) is 11.3 Å². The highest BCUT2D eigenvalue weighted by atomic mass is 32.1. The molecule has 2 aromatic heterocycles. The fraction of sp³-hybridized carbons (Fsp3) is 0.462. The van der Waals surface area contributed by atoms with Gasteiger partial charge >= 0.3 is 0 Å². The van der Waals surface area contributed by atoms with E-state index in [0.29, 0.717) is 12.1 Å². The van der Waals surface area contributed by atoms with Crippen LogP contribution >= 0.6 is 11.5 Å². The van der Waals surface area contributed by atoms with Gasteiger partial charge in [-0.1, -0.05) is 13.3 Å². The maximum atomic E-state index is 12.1. The van der Waals surface area contributed by atoms with Crippen LogP contribution in [0.4, 0.5) is 0 Å². The lowest BCUT2D eigenvalue weighted by Gasteiger charge is -2.01. The number of nitrogens with one attached hydrogen (secondary N) is 1. The molecule has 0 aliphatic carbocycles. The molecule has 0 unspecified atom stereocenters. The minimum atomic E-state index is -0.0774. The summed E-state index contributed by atoms with van der Waals surface area (Å²) in [7, 11) is 0. The first kappa shape index (κ1) is 13.7. The van der Waals surface area contributed by atoms with E-state index in [9.17, 15) is 4.79 Å². The number of rotatable bonds is 6. The number of hydrogen-bond acceptors (Lipinski definition) is 4. The molecule has 6 heteroatoms. The largest absolute Gasteiger partial charge is 0.348 e. The Bertz CT molecular complexity index is 533. The van der Waals surface area contributed by atoms with Crippen LogP contribution in [0, 0.1) is 6.92 Å². The first-order valence-corrected chi connectivity index (χ1v) is 7.25. The molecule has 1 N–H and O–H groups in total. The Morgan fingerprint density at radius 2 is 2.37 bits per heavy atom. The van der Waals surface area contributed by atoms with Crippen LogP contribution in [0.3, 0.4) is 0 Å². The summed E-state index contributed by atoms with van der Waals surface area (Å²) in [5.41, 5.74) is 2.45. The van der Waals surface area contributed by atoms with Gasteiger partial charge in [0.2, 0.25) is 0 Å². The van der Waals surface area contributed by atoms with E-state index < -0.39 is 0 Å². The molecule has 0 bridgehead atoms. The number of amides is 1. The normalized spacial score (nSPS) is 10.6. The van der Waals surface area contributed by atoms with Crippen LogP contribution in [0.15, 0.2) is 17.8 Å². The van der Waals surface area contributed by atoms with Crippen molar-refractivity contribution in [1.82, 2.24) is 19.5 Å². The van der Waals surface area contributed by atoms with Crippen LogP contribution in [-0.4, -0.2) is 20.1 Å². The zero-order chi connectivity index (χ0) is 13.7. The highest BCUT2D eigenvalue weighted by Gasteiger charge is 2.13. The third-order valence-corrected chi connectivity index (χ3v) is 3.50. The molecule has 0 atom stereocenters. The van der Waals surface area contributed by atoms with Crippen molar-refractivity contribution >= 4 is 17.4 Å². The number of carbonyl (C=O) groups is 1. The quantitative estimate of drug-likeness (QED) is 0.882. The lowest BCUT2D eigenvalue weighted by molar-refractivity contribution is 0.0950. The van der Waals surface area contributed by atoms with Crippen LogP contribution in [0.5, 0.6) is 0 Å². The van der Waals surface area contributed by atoms with Crippen molar-refractivity contribution in [2.75, 3.05) is 0 Å². The average molecular weight is 278 g/mol. The lowest BCUT2D eigenvalue weighted by Crippen LogP contribution is -2.22. The van der Waals surface area contributed by atoms with Gasteiger partial charge in [0, 0.05) is 36.4 Å². The molecule has 0 radical (unpaired) electrons. The van der Waals surface area contributed by atoms with E-state index in [1.165, 1.54) is 11.5 Å². The Labute approximate surface area is 116 Å². The van der Waals surface area contributed by atoms with Gasteiger partial charge in [0.15, 0.2) is 0 Å². The minimum absolute atomic E-state index is 0.0774. The highest BCUT2D eigenvalue weighted by molar-refractivity contribution is 7.03. The molecular weight excluding hydrogens is 260 g/mol. The van der Waals surface area contributed by atoms with E-state index in [-0.39, 0.29) is 5.91 Å². The summed E-state index contributed by atoms with van der Waals surface area (Å²) < 4.78 is 5.85. The number of nitrogens with zero attached hydrogens (tertiary/aromatic N) is 3. The molecule has 2 rings (SSSR count). The first-order chi connectivity index (χ1) is 9.20. The minimum Gasteiger partial charge on any atom is -0.348 e. The van der Waals surface area contributed by atoms with Crippen molar-refractivity contribution in [3.05, 3.63) is 34.6 Å². The van der Waals surface area contributed by atoms with Gasteiger partial charge in [0.25, 0.3) is 5.91 Å². The van der Waals surface area contributed by atoms with Gasteiger partial charge in [-0.15, -0.1) is 0 Å². The van der Waals surface area contributed by atoms with Gasteiger partial charge in [-0.05, 0) is 24.9 Å². The molecule has 1 amide bonds. The summed E-state index contributed by atoms with van der Waals surface area (Å²) in [6, 6.07) is 0.